The number of hydrogen-bond donors (Lipinski definition) is 1. The van der Waals surface area contributed by atoms with Gasteiger partial charge in [0.05, 0.1) is 11.9 Å². The van der Waals surface area contributed by atoms with Crippen LogP contribution in [0.3, 0.4) is 0 Å². The van der Waals surface area contributed by atoms with Crippen molar-refractivity contribution in [3.8, 4) is 0 Å². The summed E-state index contributed by atoms with van der Waals surface area (Å²) in [6, 6.07) is 10.4. The zero-order valence-corrected chi connectivity index (χ0v) is 21.4. The first-order valence-electron chi connectivity index (χ1n) is 12.6. The van der Waals surface area contributed by atoms with Crippen LogP contribution in [0.5, 0.6) is 0 Å². The molecule has 0 unspecified atom stereocenters. The highest BCUT2D eigenvalue weighted by atomic mass is 15.4. The number of aromatic nitrogens is 7. The molecule has 0 aliphatic carbocycles. The van der Waals surface area contributed by atoms with Crippen LogP contribution in [0.25, 0.3) is 0 Å². The number of nitrogens with zero attached hydrogens (tertiary/aromatic N) is 10. The highest BCUT2D eigenvalue weighted by Crippen LogP contribution is 2.18. The standard InChI is InChI=1S/C26H33N11/c1-34(2)9-6-10-37-19-23(18-31-37)32-24-29-20-30-26(33-24)36-13-11-35(12-14-36)25-27-16-22(17-28-25)15-21-7-4-3-5-8-21/h3-5,7-8,16-20H,6,9-15H2,1-2H3,(H,29,30,32,33). The summed E-state index contributed by atoms with van der Waals surface area (Å²) in [5.74, 6) is 1.93. The molecule has 11 nitrogen and oxygen atoms in total. The zero-order chi connectivity index (χ0) is 25.5. The first-order chi connectivity index (χ1) is 18.1. The minimum atomic E-state index is 0.512. The van der Waals surface area contributed by atoms with Crippen molar-refractivity contribution < 1.29 is 0 Å². The molecule has 1 aliphatic rings. The Hall–Kier alpha value is -4.12. The molecule has 11 heteroatoms. The summed E-state index contributed by atoms with van der Waals surface area (Å²) in [7, 11) is 4.15. The van der Waals surface area contributed by atoms with Crippen molar-refractivity contribution in [3.05, 3.63) is 72.6 Å². The van der Waals surface area contributed by atoms with Gasteiger partial charge in [0.25, 0.3) is 0 Å². The van der Waals surface area contributed by atoms with Crippen LogP contribution in [0.4, 0.5) is 23.5 Å². The third kappa shape index (κ3) is 6.76. The average Bonchev–Trinajstić information content (AvgIpc) is 3.37. The van der Waals surface area contributed by atoms with E-state index in [-0.39, 0.29) is 0 Å². The maximum atomic E-state index is 4.63. The lowest BCUT2D eigenvalue weighted by molar-refractivity contribution is 0.380. The van der Waals surface area contributed by atoms with Gasteiger partial charge in [-0.25, -0.2) is 19.9 Å². The number of aryl methyl sites for hydroxylation is 1. The van der Waals surface area contributed by atoms with Crippen LogP contribution in [0.1, 0.15) is 17.5 Å². The van der Waals surface area contributed by atoms with Crippen LogP contribution in [0.2, 0.25) is 0 Å². The molecule has 0 amide bonds. The minimum absolute atomic E-state index is 0.512. The molecule has 4 heterocycles. The number of rotatable bonds is 10. The molecule has 1 N–H and O–H groups in total. The highest BCUT2D eigenvalue weighted by molar-refractivity contribution is 5.51. The summed E-state index contributed by atoms with van der Waals surface area (Å²) in [5, 5.41) is 7.67. The van der Waals surface area contributed by atoms with E-state index in [1.54, 1.807) is 12.5 Å². The van der Waals surface area contributed by atoms with E-state index in [9.17, 15) is 0 Å². The van der Waals surface area contributed by atoms with Gasteiger partial charge in [-0.15, -0.1) is 0 Å². The second kappa shape index (κ2) is 11.7. The first-order valence-corrected chi connectivity index (χ1v) is 12.6. The monoisotopic (exact) mass is 499 g/mol. The summed E-state index contributed by atoms with van der Waals surface area (Å²) in [5.41, 5.74) is 3.23. The quantitative estimate of drug-likeness (QED) is 0.350. The Kier molecular flexibility index (Phi) is 7.80. The van der Waals surface area contributed by atoms with Crippen LogP contribution in [-0.4, -0.2) is 86.4 Å². The van der Waals surface area contributed by atoms with Gasteiger partial charge in [-0.05, 0) is 38.2 Å². The summed E-state index contributed by atoms with van der Waals surface area (Å²) in [4.78, 5) is 29.1. The molecular formula is C26H33N11. The Bertz CT molecular complexity index is 1250. The van der Waals surface area contributed by atoms with E-state index in [1.165, 1.54) is 5.56 Å². The highest BCUT2D eigenvalue weighted by Gasteiger charge is 2.21. The normalized spacial score (nSPS) is 13.8. The maximum absolute atomic E-state index is 4.63. The molecule has 4 aromatic rings. The van der Waals surface area contributed by atoms with Crippen molar-refractivity contribution in [2.75, 3.05) is 61.9 Å². The predicted octanol–water partition coefficient (Wildman–Crippen LogP) is 2.47. The molecular weight excluding hydrogens is 466 g/mol. The SMILES string of the molecule is CN(C)CCCn1cc(Nc2ncnc(N3CCN(c4ncc(Cc5ccccc5)cn4)CC3)n2)cn1. The lowest BCUT2D eigenvalue weighted by atomic mass is 10.1. The topological polar surface area (TPSA) is 104 Å². The smallest absolute Gasteiger partial charge is 0.232 e. The van der Waals surface area contributed by atoms with E-state index < -0.39 is 0 Å². The van der Waals surface area contributed by atoms with Crippen molar-refractivity contribution in [2.24, 2.45) is 0 Å². The Labute approximate surface area is 217 Å². The summed E-state index contributed by atoms with van der Waals surface area (Å²) in [6.45, 7) is 5.05. The molecule has 1 aliphatic heterocycles. The van der Waals surface area contributed by atoms with Crippen molar-refractivity contribution >= 4 is 23.5 Å². The maximum Gasteiger partial charge on any atom is 0.232 e. The third-order valence-corrected chi connectivity index (χ3v) is 6.23. The number of nitrogens with one attached hydrogen (secondary N) is 1. The molecule has 0 atom stereocenters. The van der Waals surface area contributed by atoms with Gasteiger partial charge in [0.15, 0.2) is 0 Å². The molecule has 1 aromatic carbocycles. The third-order valence-electron chi connectivity index (χ3n) is 6.23. The van der Waals surface area contributed by atoms with Gasteiger partial charge in [0.1, 0.15) is 6.33 Å². The summed E-state index contributed by atoms with van der Waals surface area (Å²) >= 11 is 0. The molecule has 3 aromatic heterocycles. The fourth-order valence-electron chi connectivity index (χ4n) is 4.27. The average molecular weight is 500 g/mol. The second-order valence-electron chi connectivity index (χ2n) is 9.41. The van der Waals surface area contributed by atoms with Gasteiger partial charge >= 0.3 is 0 Å². The molecule has 192 valence electrons. The van der Waals surface area contributed by atoms with E-state index in [4.69, 9.17) is 0 Å². The van der Waals surface area contributed by atoms with Crippen LogP contribution in [0, 0.1) is 0 Å². The van der Waals surface area contributed by atoms with Gasteiger partial charge < -0.3 is 20.0 Å². The van der Waals surface area contributed by atoms with Gasteiger partial charge in [-0.3, -0.25) is 4.68 Å². The lowest BCUT2D eigenvalue weighted by Gasteiger charge is -2.34. The molecule has 0 spiro atoms. The molecule has 5 rings (SSSR count). The Morgan fingerprint density at radius 1 is 0.838 bits per heavy atom. The van der Waals surface area contributed by atoms with Crippen LogP contribution < -0.4 is 15.1 Å². The van der Waals surface area contributed by atoms with E-state index in [0.717, 1.165) is 69.3 Å². The first kappa shape index (κ1) is 24.6. The zero-order valence-electron chi connectivity index (χ0n) is 21.4. The molecule has 0 bridgehead atoms. The number of benzene rings is 1. The van der Waals surface area contributed by atoms with E-state index >= 15 is 0 Å². The van der Waals surface area contributed by atoms with Crippen LogP contribution >= 0.6 is 0 Å². The van der Waals surface area contributed by atoms with Crippen LogP contribution in [-0.2, 0) is 13.0 Å². The van der Waals surface area contributed by atoms with Crippen molar-refractivity contribution in [2.45, 2.75) is 19.4 Å². The van der Waals surface area contributed by atoms with Crippen LogP contribution in [0.15, 0.2) is 61.4 Å². The number of anilines is 4. The molecule has 37 heavy (non-hydrogen) atoms. The van der Waals surface area contributed by atoms with E-state index in [2.05, 4.69) is 88.4 Å². The minimum Gasteiger partial charge on any atom is -0.337 e. The number of piperazine rings is 1. The Balaban J connectivity index is 1.13. The fraction of sp³-hybridized carbons (Fsp3) is 0.385. The van der Waals surface area contributed by atoms with E-state index in [1.807, 2.05) is 29.3 Å². The van der Waals surface area contributed by atoms with Crippen molar-refractivity contribution in [3.63, 3.8) is 0 Å². The second-order valence-corrected chi connectivity index (χ2v) is 9.41. The van der Waals surface area contributed by atoms with Gasteiger partial charge in [0, 0.05) is 57.7 Å². The molecule has 1 fully saturated rings. The fourth-order valence-corrected chi connectivity index (χ4v) is 4.27. The number of hydrogen-bond acceptors (Lipinski definition) is 10. The summed E-state index contributed by atoms with van der Waals surface area (Å²) < 4.78 is 1.93. The van der Waals surface area contributed by atoms with Gasteiger partial charge in [-0.2, -0.15) is 10.1 Å². The molecule has 1 saturated heterocycles. The van der Waals surface area contributed by atoms with Gasteiger partial charge in [0.2, 0.25) is 17.8 Å². The Morgan fingerprint density at radius 3 is 2.30 bits per heavy atom. The van der Waals surface area contributed by atoms with Crippen molar-refractivity contribution in [1.82, 2.24) is 39.6 Å². The van der Waals surface area contributed by atoms with Crippen molar-refractivity contribution in [1.29, 1.82) is 0 Å². The van der Waals surface area contributed by atoms with E-state index in [0.29, 0.717) is 11.9 Å². The Morgan fingerprint density at radius 2 is 1.57 bits per heavy atom. The molecule has 0 radical (unpaired) electrons. The predicted molar refractivity (Wildman–Crippen MR) is 144 cm³/mol. The van der Waals surface area contributed by atoms with Gasteiger partial charge in [-0.1, -0.05) is 30.3 Å². The lowest BCUT2D eigenvalue weighted by Crippen LogP contribution is -2.47. The molecule has 0 saturated carbocycles. The summed E-state index contributed by atoms with van der Waals surface area (Å²) in [6.07, 6.45) is 11.0. The largest absolute Gasteiger partial charge is 0.337 e.